The van der Waals surface area contributed by atoms with Gasteiger partial charge in [-0.3, -0.25) is 9.78 Å². The van der Waals surface area contributed by atoms with Crippen molar-refractivity contribution in [2.45, 2.75) is 31.2 Å². The summed E-state index contributed by atoms with van der Waals surface area (Å²) in [6.07, 6.45) is 3.65. The molecule has 0 saturated heterocycles. The molecule has 0 bridgehead atoms. The summed E-state index contributed by atoms with van der Waals surface area (Å²) < 4.78 is 56.6. The number of aliphatic hydroxyl groups is 1. The summed E-state index contributed by atoms with van der Waals surface area (Å²) in [7, 11) is 3.02. The molecule has 2 N–H and O–H groups in total. The number of aromatic nitrogens is 7. The highest BCUT2D eigenvalue weighted by molar-refractivity contribution is 5.85. The highest BCUT2D eigenvalue weighted by Crippen LogP contribution is 2.39. The van der Waals surface area contributed by atoms with Crippen molar-refractivity contribution in [3.8, 4) is 17.2 Å². The number of hydrogen-bond acceptors (Lipinski definition) is 9. The Balaban J connectivity index is 1.41. The minimum atomic E-state index is -4.71. The molecule has 1 fully saturated rings. The quantitative estimate of drug-likeness (QED) is 0.331. The molecule has 2 atom stereocenters. The number of aliphatic hydroxyl groups excluding tert-OH is 1. The minimum Gasteiger partial charge on any atom is -0.491 e. The number of halogens is 3. The van der Waals surface area contributed by atoms with E-state index in [2.05, 4.69) is 25.4 Å². The zero-order chi connectivity index (χ0) is 27.5. The van der Waals surface area contributed by atoms with Crippen LogP contribution in [0.15, 0.2) is 48.0 Å². The van der Waals surface area contributed by atoms with Gasteiger partial charge in [0.05, 0.1) is 43.4 Å². The third-order valence-corrected chi connectivity index (χ3v) is 6.71. The second kappa shape index (κ2) is 8.97. The van der Waals surface area contributed by atoms with Gasteiger partial charge in [-0.15, -0.1) is 0 Å². The van der Waals surface area contributed by atoms with Crippen LogP contribution in [0.2, 0.25) is 0 Å². The SMILES string of the molecule is COc1c(Oc2cnn3ccncc23)cnc2nc(Nc3cc(C(F)(F)F)cn(C4CCC4O)c3=O)n(C)c12. The zero-order valence-electron chi connectivity index (χ0n) is 20.5. The van der Waals surface area contributed by atoms with Crippen LogP contribution in [0.1, 0.15) is 24.4 Å². The number of aryl methyl sites for hydroxylation is 1. The van der Waals surface area contributed by atoms with Crippen molar-refractivity contribution in [2.75, 3.05) is 12.4 Å². The van der Waals surface area contributed by atoms with E-state index < -0.39 is 29.4 Å². The molecule has 0 aliphatic heterocycles. The van der Waals surface area contributed by atoms with E-state index in [1.807, 2.05) is 0 Å². The number of fused-ring (bicyclic) bond motifs is 2. The van der Waals surface area contributed by atoms with Gasteiger partial charge >= 0.3 is 6.18 Å². The predicted molar refractivity (Wildman–Crippen MR) is 131 cm³/mol. The van der Waals surface area contributed by atoms with E-state index in [0.29, 0.717) is 29.6 Å². The third-order valence-electron chi connectivity index (χ3n) is 6.71. The standard InChI is InChI=1S/C24H21F3N8O4/c1-33-19-20(38-2)18(39-17-10-30-35-6-5-28-8-15(17)35)9-29-21(19)32-23(33)31-13-7-12(24(25,26)27)11-34(22(13)37)14-3-4-16(14)36/h5-11,14,16,36H,3-4H2,1-2H3,(H,29,31,32). The average molecular weight is 542 g/mol. The second-order valence-electron chi connectivity index (χ2n) is 9.03. The molecular weight excluding hydrogens is 521 g/mol. The first-order valence-corrected chi connectivity index (χ1v) is 11.8. The summed E-state index contributed by atoms with van der Waals surface area (Å²) in [5.74, 6) is 0.931. The van der Waals surface area contributed by atoms with E-state index in [9.17, 15) is 23.1 Å². The van der Waals surface area contributed by atoms with Crippen molar-refractivity contribution < 1.29 is 27.8 Å². The van der Waals surface area contributed by atoms with E-state index >= 15 is 0 Å². The molecule has 1 saturated carbocycles. The van der Waals surface area contributed by atoms with Crippen molar-refractivity contribution >= 4 is 28.3 Å². The number of alkyl halides is 3. The van der Waals surface area contributed by atoms with E-state index in [4.69, 9.17) is 9.47 Å². The van der Waals surface area contributed by atoms with Crippen LogP contribution in [0.3, 0.4) is 0 Å². The molecule has 0 spiro atoms. The number of hydrogen-bond donors (Lipinski definition) is 2. The third kappa shape index (κ3) is 4.10. The Morgan fingerprint density at radius 2 is 2.00 bits per heavy atom. The van der Waals surface area contributed by atoms with Gasteiger partial charge in [0.25, 0.3) is 5.56 Å². The maximum Gasteiger partial charge on any atom is 0.417 e. The van der Waals surface area contributed by atoms with Crippen LogP contribution >= 0.6 is 0 Å². The van der Waals surface area contributed by atoms with E-state index in [0.717, 1.165) is 16.8 Å². The summed E-state index contributed by atoms with van der Waals surface area (Å²) in [6.45, 7) is 0. The molecule has 1 aliphatic rings. The lowest BCUT2D eigenvalue weighted by Gasteiger charge is -2.34. The summed E-state index contributed by atoms with van der Waals surface area (Å²) in [5.41, 5.74) is -0.927. The van der Waals surface area contributed by atoms with Gasteiger partial charge in [-0.2, -0.15) is 23.3 Å². The van der Waals surface area contributed by atoms with Gasteiger partial charge in [-0.25, -0.2) is 9.50 Å². The molecule has 0 radical (unpaired) electrons. The summed E-state index contributed by atoms with van der Waals surface area (Å²) in [6, 6.07) is -0.0147. The van der Waals surface area contributed by atoms with E-state index in [-0.39, 0.29) is 28.8 Å². The van der Waals surface area contributed by atoms with Crippen LogP contribution in [0.25, 0.3) is 16.7 Å². The first kappa shape index (κ1) is 24.7. The average Bonchev–Trinajstić information content (AvgIpc) is 3.45. The van der Waals surface area contributed by atoms with Crippen molar-refractivity contribution in [3.63, 3.8) is 0 Å². The number of pyridine rings is 2. The summed E-state index contributed by atoms with van der Waals surface area (Å²) in [4.78, 5) is 25.9. The highest BCUT2D eigenvalue weighted by atomic mass is 19.4. The van der Waals surface area contributed by atoms with E-state index in [1.54, 1.807) is 30.2 Å². The van der Waals surface area contributed by atoms with Crippen LogP contribution in [0.5, 0.6) is 17.2 Å². The first-order valence-electron chi connectivity index (χ1n) is 11.8. The molecule has 5 heterocycles. The number of methoxy groups -OCH3 is 1. The fourth-order valence-corrected chi connectivity index (χ4v) is 4.52. The van der Waals surface area contributed by atoms with Crippen LogP contribution in [-0.4, -0.2) is 52.0 Å². The number of nitrogens with one attached hydrogen (secondary N) is 1. The monoisotopic (exact) mass is 542 g/mol. The Kier molecular flexibility index (Phi) is 5.67. The molecule has 39 heavy (non-hydrogen) atoms. The summed E-state index contributed by atoms with van der Waals surface area (Å²) in [5, 5.41) is 16.9. The van der Waals surface area contributed by atoms with Crippen molar-refractivity contribution in [1.82, 2.24) is 33.7 Å². The molecular formula is C24H21F3N8O4. The molecule has 0 aromatic carbocycles. The Morgan fingerprint density at radius 3 is 2.69 bits per heavy atom. The lowest BCUT2D eigenvalue weighted by Crippen LogP contribution is -2.40. The molecule has 6 rings (SSSR count). The maximum atomic E-state index is 13.7. The number of ether oxygens (including phenoxy) is 2. The number of anilines is 2. The summed E-state index contributed by atoms with van der Waals surface area (Å²) >= 11 is 0. The maximum absolute atomic E-state index is 13.7. The molecule has 15 heteroatoms. The zero-order valence-corrected chi connectivity index (χ0v) is 20.5. The number of nitrogens with zero attached hydrogens (tertiary/aromatic N) is 7. The van der Waals surface area contributed by atoms with E-state index in [1.165, 1.54) is 24.1 Å². The van der Waals surface area contributed by atoms with Crippen molar-refractivity contribution in [1.29, 1.82) is 0 Å². The Labute approximate surface area is 217 Å². The topological polar surface area (TPSA) is 134 Å². The van der Waals surface area contributed by atoms with Crippen molar-refractivity contribution in [3.05, 3.63) is 59.2 Å². The normalized spacial score (nSPS) is 17.4. The lowest BCUT2D eigenvalue weighted by atomic mass is 9.89. The van der Waals surface area contributed by atoms with Gasteiger partial charge in [0.2, 0.25) is 5.95 Å². The van der Waals surface area contributed by atoms with Gasteiger partial charge in [-0.05, 0) is 18.9 Å². The van der Waals surface area contributed by atoms with Crippen LogP contribution < -0.4 is 20.3 Å². The Morgan fingerprint density at radius 1 is 1.18 bits per heavy atom. The van der Waals surface area contributed by atoms with Gasteiger partial charge in [0.15, 0.2) is 22.9 Å². The van der Waals surface area contributed by atoms with Gasteiger partial charge < -0.3 is 29.0 Å². The molecule has 5 aromatic heterocycles. The van der Waals surface area contributed by atoms with Crippen LogP contribution in [0, 0.1) is 0 Å². The molecule has 0 amide bonds. The first-order chi connectivity index (χ1) is 18.7. The fraction of sp³-hybridized carbons (Fsp3) is 0.292. The van der Waals surface area contributed by atoms with Crippen LogP contribution in [0.4, 0.5) is 24.8 Å². The predicted octanol–water partition coefficient (Wildman–Crippen LogP) is 3.43. The Hall–Kier alpha value is -4.66. The fourth-order valence-electron chi connectivity index (χ4n) is 4.52. The molecule has 202 valence electrons. The van der Waals surface area contributed by atoms with Crippen LogP contribution in [-0.2, 0) is 13.2 Å². The van der Waals surface area contributed by atoms with Gasteiger partial charge in [0, 0.05) is 25.6 Å². The molecule has 12 nitrogen and oxygen atoms in total. The molecule has 5 aromatic rings. The number of imidazole rings is 1. The van der Waals surface area contributed by atoms with Gasteiger partial charge in [0.1, 0.15) is 16.7 Å². The Bertz CT molecular complexity index is 1780. The molecule has 1 aliphatic carbocycles. The van der Waals surface area contributed by atoms with Crippen molar-refractivity contribution in [2.24, 2.45) is 7.05 Å². The largest absolute Gasteiger partial charge is 0.491 e. The second-order valence-corrected chi connectivity index (χ2v) is 9.03. The molecule has 2 unspecified atom stereocenters. The highest BCUT2D eigenvalue weighted by Gasteiger charge is 2.36. The number of rotatable bonds is 6. The lowest BCUT2D eigenvalue weighted by molar-refractivity contribution is -0.138. The van der Waals surface area contributed by atoms with Gasteiger partial charge in [-0.1, -0.05) is 0 Å². The smallest absolute Gasteiger partial charge is 0.417 e. The minimum absolute atomic E-state index is 0.0465.